The summed E-state index contributed by atoms with van der Waals surface area (Å²) < 4.78 is 32.9. The van der Waals surface area contributed by atoms with Crippen molar-refractivity contribution in [3.8, 4) is 0 Å². The van der Waals surface area contributed by atoms with E-state index < -0.39 is 16.0 Å². The number of hydrogen-bond acceptors (Lipinski definition) is 6. The van der Waals surface area contributed by atoms with Crippen LogP contribution in [0.4, 0.5) is 5.69 Å². The maximum atomic E-state index is 13.1. The van der Waals surface area contributed by atoms with Crippen molar-refractivity contribution in [2.75, 3.05) is 64.4 Å². The van der Waals surface area contributed by atoms with Crippen molar-refractivity contribution in [2.45, 2.75) is 4.90 Å². The van der Waals surface area contributed by atoms with E-state index in [1.165, 1.54) is 16.4 Å². The Bertz CT molecular complexity index is 738. The van der Waals surface area contributed by atoms with Gasteiger partial charge >= 0.3 is 5.97 Å². The van der Waals surface area contributed by atoms with Gasteiger partial charge in [0, 0.05) is 39.3 Å². The molecule has 8 nitrogen and oxygen atoms in total. The molecule has 138 valence electrons. The Morgan fingerprint density at radius 1 is 1.08 bits per heavy atom. The summed E-state index contributed by atoms with van der Waals surface area (Å²) in [6, 6.07) is 4.36. The normalized spacial score (nSPS) is 20.6. The molecule has 3 rings (SSSR count). The van der Waals surface area contributed by atoms with Gasteiger partial charge in [0.15, 0.2) is 0 Å². The van der Waals surface area contributed by atoms with Crippen molar-refractivity contribution in [1.82, 2.24) is 9.21 Å². The number of anilines is 1. The summed E-state index contributed by atoms with van der Waals surface area (Å²) in [7, 11) is -1.75. The van der Waals surface area contributed by atoms with E-state index in [1.807, 2.05) is 11.9 Å². The van der Waals surface area contributed by atoms with Crippen molar-refractivity contribution < 1.29 is 23.1 Å². The smallest absolute Gasteiger partial charge is 0.335 e. The fourth-order valence-corrected chi connectivity index (χ4v) is 4.73. The summed E-state index contributed by atoms with van der Waals surface area (Å²) >= 11 is 0. The highest BCUT2D eigenvalue weighted by atomic mass is 32.2. The third kappa shape index (κ3) is 3.79. The molecule has 0 unspecified atom stereocenters. The molecule has 0 aliphatic carbocycles. The molecular formula is C16H23N3O5S. The lowest BCUT2D eigenvalue weighted by Crippen LogP contribution is -2.46. The summed E-state index contributed by atoms with van der Waals surface area (Å²) in [6.07, 6.45) is 0. The number of piperazine rings is 1. The second-order valence-corrected chi connectivity index (χ2v) is 8.20. The number of benzene rings is 1. The molecule has 1 N–H and O–H groups in total. The van der Waals surface area contributed by atoms with Crippen molar-refractivity contribution in [2.24, 2.45) is 0 Å². The first-order chi connectivity index (χ1) is 11.9. The summed E-state index contributed by atoms with van der Waals surface area (Å²) in [5.41, 5.74) is 0.550. The van der Waals surface area contributed by atoms with Gasteiger partial charge in [-0.3, -0.25) is 0 Å². The SMILES string of the molecule is CN1CCN(c2ccc(C(=O)O)cc2S(=O)(=O)N2CCOCC2)CC1. The van der Waals surface area contributed by atoms with Gasteiger partial charge in [-0.2, -0.15) is 4.31 Å². The highest BCUT2D eigenvalue weighted by molar-refractivity contribution is 7.89. The van der Waals surface area contributed by atoms with Crippen LogP contribution in [0.25, 0.3) is 0 Å². The number of carboxylic acid groups (broad SMARTS) is 1. The van der Waals surface area contributed by atoms with Gasteiger partial charge in [-0.1, -0.05) is 0 Å². The molecule has 1 aromatic carbocycles. The fraction of sp³-hybridized carbons (Fsp3) is 0.562. The Hall–Kier alpha value is -1.68. The van der Waals surface area contributed by atoms with Crippen LogP contribution in [0, 0.1) is 0 Å². The van der Waals surface area contributed by atoms with E-state index in [9.17, 15) is 18.3 Å². The van der Waals surface area contributed by atoms with Crippen LogP contribution in [0.5, 0.6) is 0 Å². The van der Waals surface area contributed by atoms with Crippen LogP contribution in [0.1, 0.15) is 10.4 Å². The summed E-state index contributed by atoms with van der Waals surface area (Å²) in [5, 5.41) is 9.27. The Morgan fingerprint density at radius 2 is 1.72 bits per heavy atom. The predicted octanol–water partition coefficient (Wildman–Crippen LogP) is 0.158. The molecule has 25 heavy (non-hydrogen) atoms. The molecule has 0 aromatic heterocycles. The number of carboxylic acids is 1. The molecule has 1 aromatic rings. The molecule has 2 aliphatic heterocycles. The zero-order chi connectivity index (χ0) is 18.0. The fourth-order valence-electron chi connectivity index (χ4n) is 3.09. The second kappa shape index (κ2) is 7.28. The average Bonchev–Trinajstić information content (AvgIpc) is 2.62. The quantitative estimate of drug-likeness (QED) is 0.808. The number of ether oxygens (including phenoxy) is 1. The Labute approximate surface area is 147 Å². The third-order valence-electron chi connectivity index (χ3n) is 4.64. The van der Waals surface area contributed by atoms with Crippen LogP contribution in [0.3, 0.4) is 0 Å². The monoisotopic (exact) mass is 369 g/mol. The number of rotatable bonds is 4. The maximum Gasteiger partial charge on any atom is 0.335 e. The van der Waals surface area contributed by atoms with Gasteiger partial charge < -0.3 is 19.6 Å². The maximum absolute atomic E-state index is 13.1. The number of aromatic carboxylic acids is 1. The largest absolute Gasteiger partial charge is 0.478 e. The van der Waals surface area contributed by atoms with Crippen LogP contribution < -0.4 is 4.90 Å². The molecular weight excluding hydrogens is 346 g/mol. The standard InChI is InChI=1S/C16H23N3O5S/c1-17-4-6-18(7-5-17)14-3-2-13(16(20)21)12-15(14)25(22,23)19-8-10-24-11-9-19/h2-3,12H,4-11H2,1H3,(H,20,21). The molecule has 9 heteroatoms. The van der Waals surface area contributed by atoms with E-state index in [-0.39, 0.29) is 23.5 Å². The number of carbonyl (C=O) groups is 1. The zero-order valence-electron chi connectivity index (χ0n) is 14.2. The van der Waals surface area contributed by atoms with Gasteiger partial charge in [-0.05, 0) is 25.2 Å². The Morgan fingerprint density at radius 3 is 2.32 bits per heavy atom. The minimum absolute atomic E-state index is 0.0234. The zero-order valence-corrected chi connectivity index (χ0v) is 15.0. The van der Waals surface area contributed by atoms with E-state index in [1.54, 1.807) is 6.07 Å². The van der Waals surface area contributed by atoms with E-state index in [0.717, 1.165) is 13.1 Å². The molecule has 0 saturated carbocycles. The van der Waals surface area contributed by atoms with E-state index in [2.05, 4.69) is 4.90 Å². The lowest BCUT2D eigenvalue weighted by Gasteiger charge is -2.36. The lowest BCUT2D eigenvalue weighted by molar-refractivity contribution is 0.0696. The molecule has 2 saturated heterocycles. The van der Waals surface area contributed by atoms with Crippen molar-refractivity contribution >= 4 is 21.7 Å². The van der Waals surface area contributed by atoms with E-state index in [0.29, 0.717) is 32.0 Å². The first-order valence-corrected chi connectivity index (χ1v) is 9.72. The number of likely N-dealkylation sites (N-methyl/N-ethyl adjacent to an activating group) is 1. The van der Waals surface area contributed by atoms with Crippen molar-refractivity contribution in [3.63, 3.8) is 0 Å². The Kier molecular flexibility index (Phi) is 5.28. The molecule has 0 bridgehead atoms. The first kappa shape index (κ1) is 18.1. The molecule has 2 heterocycles. The van der Waals surface area contributed by atoms with Crippen LogP contribution in [0.15, 0.2) is 23.1 Å². The minimum Gasteiger partial charge on any atom is -0.478 e. The molecule has 0 amide bonds. The predicted molar refractivity (Wildman–Crippen MR) is 92.7 cm³/mol. The van der Waals surface area contributed by atoms with Crippen LogP contribution in [-0.2, 0) is 14.8 Å². The highest BCUT2D eigenvalue weighted by Gasteiger charge is 2.31. The highest BCUT2D eigenvalue weighted by Crippen LogP contribution is 2.30. The second-order valence-electron chi connectivity index (χ2n) is 6.29. The van der Waals surface area contributed by atoms with Gasteiger partial charge in [0.05, 0.1) is 24.5 Å². The number of hydrogen-bond donors (Lipinski definition) is 1. The topological polar surface area (TPSA) is 90.4 Å². The third-order valence-corrected chi connectivity index (χ3v) is 6.57. The van der Waals surface area contributed by atoms with Gasteiger partial charge in [-0.15, -0.1) is 0 Å². The minimum atomic E-state index is -3.78. The van der Waals surface area contributed by atoms with Crippen molar-refractivity contribution in [1.29, 1.82) is 0 Å². The van der Waals surface area contributed by atoms with Crippen LogP contribution >= 0.6 is 0 Å². The summed E-state index contributed by atoms with van der Waals surface area (Å²) in [4.78, 5) is 15.6. The lowest BCUT2D eigenvalue weighted by atomic mass is 10.2. The summed E-state index contributed by atoms with van der Waals surface area (Å²) in [5.74, 6) is -1.14. The summed E-state index contributed by atoms with van der Waals surface area (Å²) in [6.45, 7) is 4.32. The van der Waals surface area contributed by atoms with Crippen LogP contribution in [0.2, 0.25) is 0 Å². The molecule has 0 atom stereocenters. The van der Waals surface area contributed by atoms with Crippen LogP contribution in [-0.4, -0.2) is 88.2 Å². The van der Waals surface area contributed by atoms with Gasteiger partial charge in [0.2, 0.25) is 10.0 Å². The van der Waals surface area contributed by atoms with E-state index in [4.69, 9.17) is 4.74 Å². The number of sulfonamides is 1. The van der Waals surface area contributed by atoms with Crippen molar-refractivity contribution in [3.05, 3.63) is 23.8 Å². The van der Waals surface area contributed by atoms with E-state index >= 15 is 0 Å². The molecule has 0 spiro atoms. The average molecular weight is 369 g/mol. The van der Waals surface area contributed by atoms with Gasteiger partial charge in [0.25, 0.3) is 0 Å². The Balaban J connectivity index is 2.02. The molecule has 2 fully saturated rings. The number of morpholine rings is 1. The van der Waals surface area contributed by atoms with Gasteiger partial charge in [0.1, 0.15) is 4.90 Å². The molecule has 2 aliphatic rings. The number of nitrogens with zero attached hydrogens (tertiary/aromatic N) is 3. The van der Waals surface area contributed by atoms with Gasteiger partial charge in [-0.25, -0.2) is 13.2 Å². The first-order valence-electron chi connectivity index (χ1n) is 8.28. The molecule has 0 radical (unpaired) electrons.